The maximum absolute atomic E-state index is 12.7. The molecule has 246 valence electrons. The maximum Gasteiger partial charge on any atom is 0.475 e. The van der Waals surface area contributed by atoms with Gasteiger partial charge in [0.2, 0.25) is 0 Å². The van der Waals surface area contributed by atoms with Gasteiger partial charge in [-0.3, -0.25) is 18.4 Å². The van der Waals surface area contributed by atoms with Gasteiger partial charge < -0.3 is 15.2 Å². The minimum Gasteiger partial charge on any atom is -0.462 e. The molecule has 42 heavy (non-hydrogen) atoms. The van der Waals surface area contributed by atoms with Crippen LogP contribution >= 0.6 is 7.82 Å². The summed E-state index contributed by atoms with van der Waals surface area (Å²) in [6, 6.07) is -0.751. The van der Waals surface area contributed by atoms with Gasteiger partial charge in [-0.25, -0.2) is 4.57 Å². The van der Waals surface area contributed by atoms with Crippen LogP contribution in [0.2, 0.25) is 0 Å². The van der Waals surface area contributed by atoms with E-state index in [2.05, 4.69) is 30.5 Å². The molecule has 11 nitrogen and oxygen atoms in total. The Morgan fingerprint density at radius 2 is 1.50 bits per heavy atom. The molecule has 2 N–H and O–H groups in total. The summed E-state index contributed by atoms with van der Waals surface area (Å²) >= 11 is 0. The van der Waals surface area contributed by atoms with Crippen molar-refractivity contribution in [1.82, 2.24) is 0 Å². The molecule has 0 aliphatic rings. The van der Waals surface area contributed by atoms with E-state index in [4.69, 9.17) is 34.3 Å². The predicted octanol–water partition coefficient (Wildman–Crippen LogP) is 8.57. The molecule has 0 aromatic carbocycles. The summed E-state index contributed by atoms with van der Waals surface area (Å²) in [5.41, 5.74) is 14.4. The molecule has 12 heteroatoms. The minimum absolute atomic E-state index is 0.0191. The fourth-order valence-corrected chi connectivity index (χ4v) is 5.48. The molecule has 0 fully saturated rings. The third-order valence-electron chi connectivity index (χ3n) is 6.66. The molecule has 0 spiro atoms. The highest BCUT2D eigenvalue weighted by atomic mass is 31.2. The highest BCUT2D eigenvalue weighted by Gasteiger charge is 2.27. The zero-order valence-electron chi connectivity index (χ0n) is 26.4. The molecule has 0 saturated carbocycles. The smallest absolute Gasteiger partial charge is 0.462 e. The molecule has 0 aliphatic carbocycles. The van der Waals surface area contributed by atoms with E-state index in [0.29, 0.717) is 19.4 Å². The third-order valence-corrected chi connectivity index (χ3v) is 8.09. The van der Waals surface area contributed by atoms with Crippen molar-refractivity contribution in [2.75, 3.05) is 39.6 Å². The average molecular weight is 619 g/mol. The minimum atomic E-state index is -3.89. The second-order valence-corrected chi connectivity index (χ2v) is 12.2. The lowest BCUT2D eigenvalue weighted by Crippen LogP contribution is -2.23. The molecular formula is C30H59N4O7P. The molecule has 0 aromatic heterocycles. The quantitative estimate of drug-likeness (QED) is 0.0149. The van der Waals surface area contributed by atoms with Gasteiger partial charge in [0.1, 0.15) is 6.10 Å². The van der Waals surface area contributed by atoms with Crippen molar-refractivity contribution >= 4 is 13.8 Å². The Kier molecular flexibility index (Phi) is 28.6. The molecule has 3 atom stereocenters. The van der Waals surface area contributed by atoms with Crippen molar-refractivity contribution in [2.45, 2.75) is 135 Å². The van der Waals surface area contributed by atoms with Crippen LogP contribution in [-0.4, -0.2) is 57.7 Å². The van der Waals surface area contributed by atoms with Crippen LogP contribution in [0, 0.1) is 0 Å². The van der Waals surface area contributed by atoms with Crippen LogP contribution < -0.4 is 5.73 Å². The third kappa shape index (κ3) is 25.1. The first-order chi connectivity index (χ1) is 20.4. The first kappa shape index (κ1) is 40.5. The number of azide groups is 1. The van der Waals surface area contributed by atoms with Crippen molar-refractivity contribution in [3.8, 4) is 0 Å². The summed E-state index contributed by atoms with van der Waals surface area (Å²) in [6.45, 7) is 8.14. The lowest BCUT2D eigenvalue weighted by Gasteiger charge is -2.20. The number of unbranched alkanes of at least 4 members (excludes halogenated alkanes) is 12. The topological polar surface area (TPSA) is 155 Å². The maximum atomic E-state index is 12.7. The Morgan fingerprint density at radius 1 is 0.881 bits per heavy atom. The Morgan fingerprint density at radius 3 is 2.10 bits per heavy atom. The lowest BCUT2D eigenvalue weighted by molar-refractivity contribution is -0.150. The Labute approximate surface area is 254 Å². The second-order valence-electron chi connectivity index (χ2n) is 10.6. The van der Waals surface area contributed by atoms with Gasteiger partial charge in [-0.1, -0.05) is 102 Å². The van der Waals surface area contributed by atoms with Crippen LogP contribution in [0.5, 0.6) is 0 Å². The van der Waals surface area contributed by atoms with Crippen molar-refractivity contribution in [3.63, 3.8) is 0 Å². The van der Waals surface area contributed by atoms with Crippen molar-refractivity contribution in [2.24, 2.45) is 10.8 Å². The number of nitrogens with zero attached hydrogens (tertiary/aromatic N) is 3. The van der Waals surface area contributed by atoms with Gasteiger partial charge in [0, 0.05) is 24.3 Å². The molecule has 0 heterocycles. The molecule has 0 amide bonds. The summed E-state index contributed by atoms with van der Waals surface area (Å²) in [5, 5.41) is 3.67. The number of rotatable bonds is 32. The first-order valence-electron chi connectivity index (χ1n) is 16.1. The van der Waals surface area contributed by atoms with Gasteiger partial charge in [0.05, 0.1) is 39.1 Å². The van der Waals surface area contributed by atoms with Crippen LogP contribution in [0.25, 0.3) is 10.4 Å². The van der Waals surface area contributed by atoms with E-state index in [1.165, 1.54) is 70.3 Å². The van der Waals surface area contributed by atoms with E-state index in [-0.39, 0.29) is 45.0 Å². The first-order valence-corrected chi connectivity index (χ1v) is 17.6. The van der Waals surface area contributed by atoms with Gasteiger partial charge in [0.25, 0.3) is 0 Å². The highest BCUT2D eigenvalue weighted by molar-refractivity contribution is 7.48. The normalized spacial score (nSPS) is 14.1. The average Bonchev–Trinajstić information content (AvgIpc) is 2.98. The molecule has 0 aromatic rings. The second kappa shape index (κ2) is 29.6. The summed E-state index contributed by atoms with van der Waals surface area (Å²) in [7, 11) is -3.89. The number of carbonyl (C=O) groups is 1. The van der Waals surface area contributed by atoms with Crippen LogP contribution in [0.1, 0.15) is 123 Å². The van der Waals surface area contributed by atoms with Gasteiger partial charge in [-0.05, 0) is 24.8 Å². The number of ether oxygens (including phenoxy) is 2. The van der Waals surface area contributed by atoms with E-state index in [0.717, 1.165) is 32.1 Å². The van der Waals surface area contributed by atoms with Gasteiger partial charge in [-0.15, -0.1) is 6.58 Å². The van der Waals surface area contributed by atoms with Crippen molar-refractivity contribution in [3.05, 3.63) is 23.1 Å². The summed E-state index contributed by atoms with van der Waals surface area (Å²) in [5.74, 6) is -0.149. The molecule has 0 aliphatic heterocycles. The number of phosphoric acid groups is 1. The largest absolute Gasteiger partial charge is 0.475 e. The molecular weight excluding hydrogens is 559 g/mol. The lowest BCUT2D eigenvalue weighted by atomic mass is 10.1. The number of nitrogens with two attached hydrogens (primary N) is 1. The zero-order chi connectivity index (χ0) is 31.2. The summed E-state index contributed by atoms with van der Waals surface area (Å²) in [4.78, 5) is 15.4. The number of hydrogen-bond donors (Lipinski definition) is 1. The Hall–Kier alpha value is -1.45. The van der Waals surface area contributed by atoms with Gasteiger partial charge in [0.15, 0.2) is 0 Å². The molecule has 0 saturated heterocycles. The van der Waals surface area contributed by atoms with Crippen LogP contribution in [0.4, 0.5) is 0 Å². The number of carbonyl (C=O) groups excluding carboxylic acids is 1. The Bertz CT molecular complexity index is 753. The van der Waals surface area contributed by atoms with E-state index >= 15 is 0 Å². The Balaban J connectivity index is 4.62. The predicted molar refractivity (Wildman–Crippen MR) is 168 cm³/mol. The molecule has 0 bridgehead atoms. The number of esters is 1. The van der Waals surface area contributed by atoms with Crippen LogP contribution in [0.15, 0.2) is 17.8 Å². The van der Waals surface area contributed by atoms with Gasteiger partial charge >= 0.3 is 13.8 Å². The summed E-state index contributed by atoms with van der Waals surface area (Å²) < 4.78 is 39.9. The molecule has 3 unspecified atom stereocenters. The zero-order valence-corrected chi connectivity index (χ0v) is 27.3. The van der Waals surface area contributed by atoms with Crippen LogP contribution in [-0.2, 0) is 32.4 Å². The van der Waals surface area contributed by atoms with E-state index in [9.17, 15) is 9.36 Å². The molecule has 0 rings (SSSR count). The monoisotopic (exact) mass is 618 g/mol. The van der Waals surface area contributed by atoms with E-state index in [1.807, 2.05) is 0 Å². The SMILES string of the molecule is C=CCOP(=O)(OCCN)OCC(COCCC(CCCCCCC)OC(=O)CCCCCCCCCCC)N=[N+]=[N-]. The summed E-state index contributed by atoms with van der Waals surface area (Å²) in [6.07, 6.45) is 19.4. The standard InChI is InChI=1S/C30H59N4O7P/c1-4-7-9-11-12-13-14-16-18-20-30(35)41-29(19-17-15-10-8-5-2)21-24-37-26-28(33-34-32)27-40-42(36,38-23-6-3)39-25-22-31/h6,28-29H,3-5,7-27,31H2,1-2H3. The fraction of sp³-hybridized carbons (Fsp3) is 0.900. The number of phosphoric ester groups is 1. The van der Waals surface area contributed by atoms with Crippen LogP contribution in [0.3, 0.4) is 0 Å². The van der Waals surface area contributed by atoms with Crippen molar-refractivity contribution < 1.29 is 32.4 Å². The number of hydrogen-bond acceptors (Lipinski definition) is 9. The van der Waals surface area contributed by atoms with Crippen molar-refractivity contribution in [1.29, 1.82) is 0 Å². The fourth-order valence-electron chi connectivity index (χ4n) is 4.28. The highest BCUT2D eigenvalue weighted by Crippen LogP contribution is 2.49. The van der Waals surface area contributed by atoms with Gasteiger partial charge in [-0.2, -0.15) is 0 Å². The van der Waals surface area contributed by atoms with E-state index in [1.54, 1.807) is 0 Å². The van der Waals surface area contributed by atoms with E-state index < -0.39 is 13.9 Å². The molecule has 0 radical (unpaired) electrons.